The van der Waals surface area contributed by atoms with Crippen molar-refractivity contribution in [1.29, 1.82) is 0 Å². The minimum absolute atomic E-state index is 0.0803. The van der Waals surface area contributed by atoms with Crippen LogP contribution in [0.25, 0.3) is 0 Å². The minimum Gasteiger partial charge on any atom is -0.480 e. The van der Waals surface area contributed by atoms with E-state index in [1.165, 1.54) is 7.05 Å². The average molecular weight is 211 g/mol. The fourth-order valence-electron chi connectivity index (χ4n) is 0.557. The zero-order chi connectivity index (χ0) is 10.6. The summed E-state index contributed by atoms with van der Waals surface area (Å²) >= 11 is 0. The van der Waals surface area contributed by atoms with Crippen LogP contribution < -0.4 is 5.09 Å². The van der Waals surface area contributed by atoms with Gasteiger partial charge in [0, 0.05) is 7.05 Å². The maximum absolute atomic E-state index is 10.2. The van der Waals surface area contributed by atoms with Crippen LogP contribution in [0.5, 0.6) is 0 Å². The molecule has 76 valence electrons. The van der Waals surface area contributed by atoms with Crippen molar-refractivity contribution in [2.24, 2.45) is 0 Å². The molecule has 0 radical (unpaired) electrons. The van der Waals surface area contributed by atoms with Crippen molar-refractivity contribution in [1.82, 2.24) is 9.99 Å². The number of hydrogen-bond donors (Lipinski definition) is 5. The third-order valence-electron chi connectivity index (χ3n) is 1.11. The van der Waals surface area contributed by atoms with Crippen molar-refractivity contribution < 1.29 is 24.6 Å². The second-order valence-electron chi connectivity index (χ2n) is 2.38. The molecular formula is C5H12N2O5P+. The molecule has 7 nitrogen and oxygen atoms in total. The highest BCUT2D eigenvalue weighted by Crippen LogP contribution is 2.40. The van der Waals surface area contributed by atoms with E-state index in [2.05, 4.69) is 6.58 Å². The van der Waals surface area contributed by atoms with Crippen molar-refractivity contribution in [2.75, 3.05) is 13.6 Å². The van der Waals surface area contributed by atoms with Gasteiger partial charge in [-0.15, -0.1) is 0 Å². The van der Waals surface area contributed by atoms with Crippen molar-refractivity contribution in [3.63, 3.8) is 0 Å². The number of carboxylic acids is 1. The molecule has 0 fully saturated rings. The molecule has 8 heteroatoms. The molecule has 0 amide bonds. The summed E-state index contributed by atoms with van der Waals surface area (Å²) in [4.78, 5) is 36.9. The Kier molecular flexibility index (Phi) is 4.09. The molecule has 0 spiro atoms. The Balaban J connectivity index is 4.05. The molecule has 0 aromatic heterocycles. The third-order valence-corrected chi connectivity index (χ3v) is 1.67. The van der Waals surface area contributed by atoms with Gasteiger partial charge >= 0.3 is 14.1 Å². The first-order valence-corrected chi connectivity index (χ1v) is 4.84. The zero-order valence-corrected chi connectivity index (χ0v) is 7.90. The summed E-state index contributed by atoms with van der Waals surface area (Å²) in [5, 5.41) is 10.2. The Labute approximate surface area is 75.6 Å². The van der Waals surface area contributed by atoms with Crippen molar-refractivity contribution in [2.45, 2.75) is 0 Å². The summed E-state index contributed by atoms with van der Waals surface area (Å²) in [7, 11) is -2.78. The van der Waals surface area contributed by atoms with Crippen LogP contribution in [0.2, 0.25) is 0 Å². The zero-order valence-electron chi connectivity index (χ0n) is 7.01. The van der Waals surface area contributed by atoms with Gasteiger partial charge in [0.1, 0.15) is 12.4 Å². The molecule has 0 aliphatic rings. The lowest BCUT2D eigenvalue weighted by Crippen LogP contribution is -2.31. The van der Waals surface area contributed by atoms with Gasteiger partial charge in [-0.05, 0) is 0 Å². The first-order chi connectivity index (χ1) is 5.72. The molecule has 0 atom stereocenters. The molecule has 0 aliphatic heterocycles. The van der Waals surface area contributed by atoms with Gasteiger partial charge in [0.05, 0.1) is 0 Å². The van der Waals surface area contributed by atoms with Crippen LogP contribution in [0.1, 0.15) is 0 Å². The van der Waals surface area contributed by atoms with Crippen LogP contribution in [0, 0.1) is 0 Å². The normalized spacial score (nSPS) is 10.8. The molecule has 0 aromatic rings. The van der Waals surface area contributed by atoms with Gasteiger partial charge in [-0.25, -0.2) is 0 Å². The van der Waals surface area contributed by atoms with Gasteiger partial charge in [0.15, 0.2) is 0 Å². The molecule has 0 rings (SSSR count). The highest BCUT2D eigenvalue weighted by Gasteiger charge is 2.31. The molecular weight excluding hydrogens is 199 g/mol. The van der Waals surface area contributed by atoms with Gasteiger partial charge in [-0.2, -0.15) is 19.8 Å². The van der Waals surface area contributed by atoms with Crippen LogP contribution >= 0.6 is 8.09 Å². The number of nitrogens with zero attached hydrogens (tertiary/aromatic N) is 1. The number of nitrogens with one attached hydrogen (secondary N) is 1. The van der Waals surface area contributed by atoms with E-state index in [1.807, 2.05) is 5.09 Å². The van der Waals surface area contributed by atoms with E-state index in [1.54, 1.807) is 0 Å². The lowest BCUT2D eigenvalue weighted by Gasteiger charge is -2.19. The predicted octanol–water partition coefficient (Wildman–Crippen LogP) is -1.28. The van der Waals surface area contributed by atoms with E-state index in [0.29, 0.717) is 0 Å². The lowest BCUT2D eigenvalue weighted by molar-refractivity contribution is -0.137. The van der Waals surface area contributed by atoms with Gasteiger partial charge in [0.2, 0.25) is 0 Å². The molecule has 0 heterocycles. The van der Waals surface area contributed by atoms with E-state index in [9.17, 15) is 4.79 Å². The first-order valence-electron chi connectivity index (χ1n) is 3.20. The summed E-state index contributed by atoms with van der Waals surface area (Å²) in [6.07, 6.45) is 0. The Morgan fingerprint density at radius 2 is 2.00 bits per heavy atom. The molecule has 0 aromatic carbocycles. The van der Waals surface area contributed by atoms with Gasteiger partial charge in [-0.3, -0.25) is 4.79 Å². The standard InChI is InChI=1S/C5H11N2O5P/c1-4(6-13(10,11)12)7(2)3-5(8)9/h6,10-12H,1,3H2,2H3/p+1. The summed E-state index contributed by atoms with van der Waals surface area (Å²) in [6, 6.07) is 0. The van der Waals surface area contributed by atoms with Crippen LogP contribution in [0.15, 0.2) is 12.4 Å². The molecule has 0 saturated heterocycles. The first kappa shape index (κ1) is 12.1. The maximum atomic E-state index is 10.2. The van der Waals surface area contributed by atoms with E-state index >= 15 is 0 Å². The number of carboxylic acid groups (broad SMARTS) is 1. The number of hydrogen-bond acceptors (Lipinski definition) is 6. The minimum atomic E-state index is -4.15. The van der Waals surface area contributed by atoms with Crippen LogP contribution in [-0.4, -0.2) is 44.2 Å². The van der Waals surface area contributed by atoms with E-state index < -0.39 is 14.1 Å². The van der Waals surface area contributed by atoms with E-state index in [-0.39, 0.29) is 12.4 Å². The topological polar surface area (TPSA) is 113 Å². The second kappa shape index (κ2) is 4.38. The Morgan fingerprint density at radius 3 is 2.31 bits per heavy atom. The summed E-state index contributed by atoms with van der Waals surface area (Å²) < 4.78 is 0. The number of carbonyl (C=O) groups is 1. The molecule has 0 aliphatic carbocycles. The molecule has 0 unspecified atom stereocenters. The van der Waals surface area contributed by atoms with E-state index in [4.69, 9.17) is 19.8 Å². The highest BCUT2D eigenvalue weighted by atomic mass is 31.2. The van der Waals surface area contributed by atoms with Gasteiger partial charge in [0.25, 0.3) is 0 Å². The Morgan fingerprint density at radius 1 is 1.54 bits per heavy atom. The number of likely N-dealkylation sites (N-methyl/N-ethyl adjacent to an activating group) is 1. The summed E-state index contributed by atoms with van der Waals surface area (Å²) in [6.45, 7) is 2.94. The van der Waals surface area contributed by atoms with Crippen LogP contribution in [-0.2, 0) is 4.79 Å². The SMILES string of the molecule is C=C(N[P+](O)(O)O)N(C)CC(=O)O. The highest BCUT2D eigenvalue weighted by molar-refractivity contribution is 7.56. The Hall–Kier alpha value is -0.880. The second-order valence-corrected chi connectivity index (χ2v) is 3.74. The fourth-order valence-corrected chi connectivity index (χ4v) is 1.07. The number of aliphatic carboxylic acids is 1. The van der Waals surface area contributed by atoms with Crippen LogP contribution in [0.4, 0.5) is 0 Å². The van der Waals surface area contributed by atoms with E-state index in [0.717, 1.165) is 4.90 Å². The Bertz CT molecular complexity index is 213. The van der Waals surface area contributed by atoms with Gasteiger partial charge < -0.3 is 10.0 Å². The molecule has 13 heavy (non-hydrogen) atoms. The van der Waals surface area contributed by atoms with Crippen molar-refractivity contribution in [3.05, 3.63) is 12.4 Å². The van der Waals surface area contributed by atoms with Crippen LogP contribution in [0.3, 0.4) is 0 Å². The smallest absolute Gasteiger partial charge is 0.480 e. The van der Waals surface area contributed by atoms with Crippen molar-refractivity contribution in [3.8, 4) is 0 Å². The number of rotatable bonds is 5. The predicted molar refractivity (Wildman–Crippen MR) is 46.1 cm³/mol. The molecule has 0 bridgehead atoms. The molecule has 0 saturated carbocycles. The summed E-state index contributed by atoms with van der Waals surface area (Å²) in [5.74, 6) is -1.17. The largest absolute Gasteiger partial charge is 0.521 e. The molecule has 5 N–H and O–H groups in total. The summed E-state index contributed by atoms with van der Waals surface area (Å²) in [5.41, 5.74) is 0. The van der Waals surface area contributed by atoms with Crippen molar-refractivity contribution >= 4 is 14.1 Å². The monoisotopic (exact) mass is 211 g/mol. The lowest BCUT2D eigenvalue weighted by atomic mass is 10.5. The average Bonchev–Trinajstić information content (AvgIpc) is 1.81. The fraction of sp³-hybridized carbons (Fsp3) is 0.400. The maximum Gasteiger partial charge on any atom is 0.521 e. The van der Waals surface area contributed by atoms with Gasteiger partial charge in [-0.1, -0.05) is 6.58 Å². The third kappa shape index (κ3) is 6.30. The quantitative estimate of drug-likeness (QED) is 0.360.